The van der Waals surface area contributed by atoms with Crippen LogP contribution in [0.15, 0.2) is 12.3 Å². The SMILES string of the molecule is O=S(=O)(C1CC1)N1CCN(c2ccnc(C3CC3)n2)CC1. The molecule has 0 atom stereocenters. The summed E-state index contributed by atoms with van der Waals surface area (Å²) in [7, 11) is -3.03. The molecule has 0 aromatic carbocycles. The van der Waals surface area contributed by atoms with Crippen molar-refractivity contribution < 1.29 is 8.42 Å². The molecule has 21 heavy (non-hydrogen) atoms. The molecule has 0 bridgehead atoms. The standard InChI is InChI=1S/C14H20N4O2S/c19-21(20,12-3-4-12)18-9-7-17(8-10-18)13-5-6-15-14(16-13)11-1-2-11/h5-6,11-12H,1-4,7-10H2. The van der Waals surface area contributed by atoms with Crippen LogP contribution in [0.4, 0.5) is 5.82 Å². The summed E-state index contributed by atoms with van der Waals surface area (Å²) in [6.45, 7) is 2.57. The molecule has 2 heterocycles. The Labute approximate surface area is 125 Å². The molecule has 1 aromatic rings. The van der Waals surface area contributed by atoms with Gasteiger partial charge in [-0.05, 0) is 31.7 Å². The minimum atomic E-state index is -3.03. The van der Waals surface area contributed by atoms with Gasteiger partial charge in [-0.15, -0.1) is 0 Å². The van der Waals surface area contributed by atoms with Gasteiger partial charge in [0, 0.05) is 38.3 Å². The van der Waals surface area contributed by atoms with E-state index >= 15 is 0 Å². The number of sulfonamides is 1. The van der Waals surface area contributed by atoms with Crippen molar-refractivity contribution in [3.63, 3.8) is 0 Å². The van der Waals surface area contributed by atoms with Gasteiger partial charge in [-0.1, -0.05) is 0 Å². The minimum Gasteiger partial charge on any atom is -0.354 e. The molecule has 7 heteroatoms. The lowest BCUT2D eigenvalue weighted by Crippen LogP contribution is -2.49. The van der Waals surface area contributed by atoms with Gasteiger partial charge in [-0.25, -0.2) is 18.4 Å². The molecule has 2 aliphatic carbocycles. The van der Waals surface area contributed by atoms with Crippen molar-refractivity contribution >= 4 is 15.8 Å². The number of hydrogen-bond donors (Lipinski definition) is 0. The number of piperazine rings is 1. The van der Waals surface area contributed by atoms with Crippen molar-refractivity contribution in [2.75, 3.05) is 31.1 Å². The second kappa shape index (κ2) is 4.91. The lowest BCUT2D eigenvalue weighted by Gasteiger charge is -2.34. The van der Waals surface area contributed by atoms with Crippen molar-refractivity contribution in [3.05, 3.63) is 18.1 Å². The van der Waals surface area contributed by atoms with E-state index in [0.717, 1.165) is 24.5 Å². The van der Waals surface area contributed by atoms with Crippen molar-refractivity contribution in [3.8, 4) is 0 Å². The molecule has 3 aliphatic rings. The van der Waals surface area contributed by atoms with Crippen molar-refractivity contribution in [1.82, 2.24) is 14.3 Å². The average molecular weight is 308 g/mol. The zero-order valence-electron chi connectivity index (χ0n) is 12.0. The van der Waals surface area contributed by atoms with Gasteiger partial charge in [0.15, 0.2) is 0 Å². The summed E-state index contributed by atoms with van der Waals surface area (Å²) in [5, 5.41) is -0.107. The van der Waals surface area contributed by atoms with E-state index in [0.29, 0.717) is 32.1 Å². The summed E-state index contributed by atoms with van der Waals surface area (Å²) in [5.41, 5.74) is 0. The number of aromatic nitrogens is 2. The summed E-state index contributed by atoms with van der Waals surface area (Å²) < 4.78 is 26.1. The average Bonchev–Trinajstić information content (AvgIpc) is 3.40. The first-order valence-corrected chi connectivity index (χ1v) is 9.22. The quantitative estimate of drug-likeness (QED) is 0.829. The summed E-state index contributed by atoms with van der Waals surface area (Å²) >= 11 is 0. The van der Waals surface area contributed by atoms with Gasteiger partial charge in [0.1, 0.15) is 11.6 Å². The predicted molar refractivity (Wildman–Crippen MR) is 79.7 cm³/mol. The lowest BCUT2D eigenvalue weighted by atomic mass is 10.3. The normalized spacial score (nSPS) is 24.3. The summed E-state index contributed by atoms with van der Waals surface area (Å²) in [4.78, 5) is 11.2. The molecule has 0 unspecified atom stereocenters. The maximum atomic E-state index is 12.2. The maximum Gasteiger partial charge on any atom is 0.217 e. The van der Waals surface area contributed by atoms with E-state index in [4.69, 9.17) is 0 Å². The Morgan fingerprint density at radius 1 is 1.05 bits per heavy atom. The van der Waals surface area contributed by atoms with Crippen LogP contribution in [0.25, 0.3) is 0 Å². The maximum absolute atomic E-state index is 12.2. The fraction of sp³-hybridized carbons (Fsp3) is 0.714. The largest absolute Gasteiger partial charge is 0.354 e. The highest BCUT2D eigenvalue weighted by molar-refractivity contribution is 7.90. The Morgan fingerprint density at radius 2 is 1.76 bits per heavy atom. The third kappa shape index (κ3) is 2.64. The molecule has 4 rings (SSSR count). The van der Waals surface area contributed by atoms with Gasteiger partial charge in [0.25, 0.3) is 0 Å². The summed E-state index contributed by atoms with van der Waals surface area (Å²) in [6, 6.07) is 1.93. The second-order valence-corrected chi connectivity index (χ2v) is 8.39. The first kappa shape index (κ1) is 13.5. The third-order valence-electron chi connectivity index (χ3n) is 4.47. The molecule has 6 nitrogen and oxygen atoms in total. The van der Waals surface area contributed by atoms with Crippen molar-refractivity contribution in [2.24, 2.45) is 0 Å². The van der Waals surface area contributed by atoms with E-state index in [1.54, 1.807) is 4.31 Å². The van der Waals surface area contributed by atoms with Crippen molar-refractivity contribution in [1.29, 1.82) is 0 Å². The van der Waals surface area contributed by atoms with Crippen LogP contribution in [0.1, 0.15) is 37.4 Å². The van der Waals surface area contributed by atoms with Gasteiger partial charge in [0.2, 0.25) is 10.0 Å². The first-order valence-electron chi connectivity index (χ1n) is 7.71. The summed E-state index contributed by atoms with van der Waals surface area (Å²) in [5.74, 6) is 2.43. The van der Waals surface area contributed by atoms with E-state index in [1.165, 1.54) is 12.8 Å². The highest BCUT2D eigenvalue weighted by Crippen LogP contribution is 2.38. The molecular formula is C14H20N4O2S. The fourth-order valence-corrected chi connectivity index (χ4v) is 4.65. The van der Waals surface area contributed by atoms with E-state index in [-0.39, 0.29) is 5.25 Å². The zero-order chi connectivity index (χ0) is 14.4. The molecule has 114 valence electrons. The van der Waals surface area contributed by atoms with Crippen molar-refractivity contribution in [2.45, 2.75) is 36.9 Å². The van der Waals surface area contributed by atoms with Crippen LogP contribution in [-0.4, -0.2) is 54.1 Å². The van der Waals surface area contributed by atoms with Crippen LogP contribution in [-0.2, 0) is 10.0 Å². The van der Waals surface area contributed by atoms with E-state index < -0.39 is 10.0 Å². The second-order valence-electron chi connectivity index (χ2n) is 6.18. The molecular weight excluding hydrogens is 288 g/mol. The van der Waals surface area contributed by atoms with E-state index in [2.05, 4.69) is 14.9 Å². The third-order valence-corrected chi connectivity index (χ3v) is 6.87. The molecule has 2 saturated carbocycles. The van der Waals surface area contributed by atoms with Crippen LogP contribution in [0.5, 0.6) is 0 Å². The van der Waals surface area contributed by atoms with E-state index in [9.17, 15) is 8.42 Å². The first-order chi connectivity index (χ1) is 10.1. The Morgan fingerprint density at radius 3 is 2.38 bits per heavy atom. The Hall–Kier alpha value is -1.21. The van der Waals surface area contributed by atoms with Gasteiger partial charge in [0.05, 0.1) is 5.25 Å². The number of nitrogens with zero attached hydrogens (tertiary/aromatic N) is 4. The van der Waals surface area contributed by atoms with Gasteiger partial charge in [-0.2, -0.15) is 4.31 Å². The Kier molecular flexibility index (Phi) is 3.15. The Bertz CT molecular complexity index is 632. The van der Waals surface area contributed by atoms with Gasteiger partial charge < -0.3 is 4.90 Å². The van der Waals surface area contributed by atoms with E-state index in [1.807, 2.05) is 12.3 Å². The fourth-order valence-electron chi connectivity index (χ4n) is 2.83. The topological polar surface area (TPSA) is 66.4 Å². The van der Waals surface area contributed by atoms with Crippen LogP contribution in [0.3, 0.4) is 0 Å². The van der Waals surface area contributed by atoms with Crippen LogP contribution in [0, 0.1) is 0 Å². The van der Waals surface area contributed by atoms with Crippen LogP contribution >= 0.6 is 0 Å². The molecule has 1 saturated heterocycles. The van der Waals surface area contributed by atoms with Gasteiger partial charge >= 0.3 is 0 Å². The molecule has 0 N–H and O–H groups in total. The monoisotopic (exact) mass is 308 g/mol. The van der Waals surface area contributed by atoms with Gasteiger partial charge in [-0.3, -0.25) is 0 Å². The molecule has 1 aromatic heterocycles. The van der Waals surface area contributed by atoms with Crippen LogP contribution < -0.4 is 4.90 Å². The zero-order valence-corrected chi connectivity index (χ0v) is 12.8. The van der Waals surface area contributed by atoms with Crippen LogP contribution in [0.2, 0.25) is 0 Å². The molecule has 3 fully saturated rings. The molecule has 1 aliphatic heterocycles. The highest BCUT2D eigenvalue weighted by atomic mass is 32.2. The molecule has 0 spiro atoms. The number of hydrogen-bond acceptors (Lipinski definition) is 5. The molecule has 0 radical (unpaired) electrons. The number of anilines is 1. The predicted octanol–water partition coefficient (Wildman–Crippen LogP) is 0.968. The smallest absolute Gasteiger partial charge is 0.217 e. The highest BCUT2D eigenvalue weighted by Gasteiger charge is 2.41. The lowest BCUT2D eigenvalue weighted by molar-refractivity contribution is 0.383. The summed E-state index contributed by atoms with van der Waals surface area (Å²) in [6.07, 6.45) is 5.87. The Balaban J connectivity index is 1.44. The minimum absolute atomic E-state index is 0.107. The number of rotatable bonds is 4. The molecule has 0 amide bonds.